The molecule has 1 aliphatic carbocycles. The van der Waals surface area contributed by atoms with Crippen LogP contribution in [-0.2, 0) is 17.9 Å². The minimum Gasteiger partial charge on any atom is -0.378 e. The Morgan fingerprint density at radius 3 is 2.54 bits per heavy atom. The van der Waals surface area contributed by atoms with Gasteiger partial charge in [0.05, 0.1) is 6.42 Å². The van der Waals surface area contributed by atoms with Crippen molar-refractivity contribution in [2.75, 3.05) is 33.7 Å². The SMILES string of the molecule is C[C@H]1CN(Cc2cccc(-c3cccc(CNC(=O)CC4=CCC=C(N(C)C)C=C4)c3)c2)CCN1. The number of hydrogen-bond donors (Lipinski definition) is 2. The average Bonchev–Trinajstić information content (AvgIpc) is 3.09. The highest BCUT2D eigenvalue weighted by molar-refractivity contribution is 5.79. The summed E-state index contributed by atoms with van der Waals surface area (Å²) >= 11 is 0. The van der Waals surface area contributed by atoms with Crippen molar-refractivity contribution in [1.82, 2.24) is 20.4 Å². The Hall–Kier alpha value is -3.15. The van der Waals surface area contributed by atoms with Crippen LogP contribution in [0, 0.1) is 0 Å². The third-order valence-electron chi connectivity index (χ3n) is 6.59. The van der Waals surface area contributed by atoms with E-state index in [9.17, 15) is 4.79 Å². The first kappa shape index (κ1) is 25.0. The molecule has 0 saturated carbocycles. The van der Waals surface area contributed by atoms with Crippen LogP contribution in [0.5, 0.6) is 0 Å². The van der Waals surface area contributed by atoms with Gasteiger partial charge in [0.15, 0.2) is 0 Å². The summed E-state index contributed by atoms with van der Waals surface area (Å²) in [5.41, 5.74) is 7.08. The number of carbonyl (C=O) groups excluding carboxylic acids is 1. The van der Waals surface area contributed by atoms with Gasteiger partial charge in [-0.3, -0.25) is 9.69 Å². The van der Waals surface area contributed by atoms with E-state index < -0.39 is 0 Å². The predicted octanol–water partition coefficient (Wildman–Crippen LogP) is 4.49. The van der Waals surface area contributed by atoms with Crippen LogP contribution in [0.2, 0.25) is 0 Å². The molecule has 184 valence electrons. The maximum atomic E-state index is 12.6. The fourth-order valence-electron chi connectivity index (χ4n) is 4.69. The molecule has 4 rings (SSSR count). The zero-order valence-corrected chi connectivity index (χ0v) is 21.3. The topological polar surface area (TPSA) is 47.6 Å². The first-order chi connectivity index (χ1) is 17.0. The number of carbonyl (C=O) groups is 1. The maximum absolute atomic E-state index is 12.6. The highest BCUT2D eigenvalue weighted by atomic mass is 16.1. The standard InChI is InChI=1S/C30H38N4O/c1-23-21-34(16-15-31-23)22-26-9-5-11-28(18-26)27-10-4-8-25(17-27)20-32-30(35)19-24-7-6-12-29(14-13-24)33(2)3/h4-5,7-14,17-18,23,31H,6,15-16,19-22H2,1-3H3,(H,32,35)/t23-/m0/s1. The van der Waals surface area contributed by atoms with E-state index in [0.717, 1.165) is 43.7 Å². The summed E-state index contributed by atoms with van der Waals surface area (Å²) in [6, 6.07) is 17.9. The smallest absolute Gasteiger partial charge is 0.224 e. The molecule has 1 fully saturated rings. The van der Waals surface area contributed by atoms with E-state index in [-0.39, 0.29) is 5.91 Å². The Labute approximate surface area is 210 Å². The Kier molecular flexibility index (Phi) is 8.56. The Balaban J connectivity index is 1.33. The van der Waals surface area contributed by atoms with Crippen LogP contribution in [0.3, 0.4) is 0 Å². The molecule has 5 nitrogen and oxygen atoms in total. The first-order valence-electron chi connectivity index (χ1n) is 12.6. The number of rotatable bonds is 8. The molecule has 2 N–H and O–H groups in total. The maximum Gasteiger partial charge on any atom is 0.224 e. The van der Waals surface area contributed by atoms with Gasteiger partial charge in [0.25, 0.3) is 0 Å². The molecule has 0 aromatic heterocycles. The lowest BCUT2D eigenvalue weighted by atomic mass is 10.0. The molecule has 2 aromatic carbocycles. The molecule has 1 saturated heterocycles. The second-order valence-corrected chi connectivity index (χ2v) is 9.82. The lowest BCUT2D eigenvalue weighted by Crippen LogP contribution is -2.48. The van der Waals surface area contributed by atoms with Crippen molar-refractivity contribution >= 4 is 5.91 Å². The lowest BCUT2D eigenvalue weighted by molar-refractivity contribution is -0.120. The van der Waals surface area contributed by atoms with Crippen LogP contribution < -0.4 is 10.6 Å². The zero-order valence-electron chi connectivity index (χ0n) is 21.3. The third kappa shape index (κ3) is 7.41. The van der Waals surface area contributed by atoms with Crippen LogP contribution in [0.25, 0.3) is 11.1 Å². The van der Waals surface area contributed by atoms with Gasteiger partial charge in [-0.25, -0.2) is 0 Å². The van der Waals surface area contributed by atoms with Crippen LogP contribution in [0.1, 0.15) is 30.9 Å². The fraction of sp³-hybridized carbons (Fsp3) is 0.367. The van der Waals surface area contributed by atoms with Gasteiger partial charge in [-0.1, -0.05) is 54.6 Å². The van der Waals surface area contributed by atoms with Gasteiger partial charge in [0, 0.05) is 58.6 Å². The van der Waals surface area contributed by atoms with Gasteiger partial charge in [-0.2, -0.15) is 0 Å². The van der Waals surface area contributed by atoms with Gasteiger partial charge in [0.1, 0.15) is 0 Å². The molecule has 1 aliphatic heterocycles. The van der Waals surface area contributed by atoms with Gasteiger partial charge >= 0.3 is 0 Å². The Bertz CT molecular complexity index is 1110. The van der Waals surface area contributed by atoms with E-state index in [2.05, 4.69) is 94.1 Å². The van der Waals surface area contributed by atoms with E-state index in [0.29, 0.717) is 19.0 Å². The summed E-state index contributed by atoms with van der Waals surface area (Å²) in [5.74, 6) is 0.0480. The van der Waals surface area contributed by atoms with E-state index >= 15 is 0 Å². The van der Waals surface area contributed by atoms with Crippen LogP contribution in [0.4, 0.5) is 0 Å². The average molecular weight is 471 g/mol. The normalized spacial score (nSPS) is 18.4. The zero-order chi connectivity index (χ0) is 24.6. The first-order valence-corrected chi connectivity index (χ1v) is 12.6. The van der Waals surface area contributed by atoms with Crippen molar-refractivity contribution in [3.8, 4) is 11.1 Å². The molecule has 2 aromatic rings. The van der Waals surface area contributed by atoms with Crippen molar-refractivity contribution < 1.29 is 4.79 Å². The summed E-state index contributed by atoms with van der Waals surface area (Å²) in [4.78, 5) is 17.2. The molecule has 0 unspecified atom stereocenters. The number of hydrogen-bond acceptors (Lipinski definition) is 4. The molecule has 1 heterocycles. The van der Waals surface area contributed by atoms with E-state index in [4.69, 9.17) is 0 Å². The summed E-state index contributed by atoms with van der Waals surface area (Å²) in [7, 11) is 4.07. The van der Waals surface area contributed by atoms with Crippen LogP contribution >= 0.6 is 0 Å². The highest BCUT2D eigenvalue weighted by Gasteiger charge is 2.15. The van der Waals surface area contributed by atoms with Crippen molar-refractivity contribution in [2.45, 2.75) is 38.9 Å². The van der Waals surface area contributed by atoms with Crippen molar-refractivity contribution in [2.24, 2.45) is 0 Å². The largest absolute Gasteiger partial charge is 0.378 e. The summed E-state index contributed by atoms with van der Waals surface area (Å²) in [5, 5.41) is 6.61. The minimum absolute atomic E-state index is 0.0480. The number of amides is 1. The molecular weight excluding hydrogens is 432 g/mol. The molecule has 35 heavy (non-hydrogen) atoms. The predicted molar refractivity (Wildman–Crippen MR) is 145 cm³/mol. The lowest BCUT2D eigenvalue weighted by Gasteiger charge is -2.31. The van der Waals surface area contributed by atoms with Crippen LogP contribution in [0.15, 0.2) is 84.1 Å². The molecule has 1 atom stereocenters. The molecule has 1 amide bonds. The van der Waals surface area contributed by atoms with Gasteiger partial charge < -0.3 is 15.5 Å². The second kappa shape index (κ2) is 12.0. The van der Waals surface area contributed by atoms with E-state index in [1.54, 1.807) is 0 Å². The van der Waals surface area contributed by atoms with E-state index in [1.807, 2.05) is 20.2 Å². The number of likely N-dealkylation sites (N-methyl/N-ethyl adjacent to an activating group) is 1. The molecular formula is C30H38N4O. The van der Waals surface area contributed by atoms with Gasteiger partial charge in [-0.15, -0.1) is 0 Å². The summed E-state index contributed by atoms with van der Waals surface area (Å²) in [6.45, 7) is 6.98. The molecule has 0 radical (unpaired) electrons. The van der Waals surface area contributed by atoms with Gasteiger partial charge in [-0.05, 0) is 59.4 Å². The monoisotopic (exact) mass is 470 g/mol. The van der Waals surface area contributed by atoms with Gasteiger partial charge in [0.2, 0.25) is 5.91 Å². The number of piperazine rings is 1. The minimum atomic E-state index is 0.0480. The van der Waals surface area contributed by atoms with Crippen molar-refractivity contribution in [1.29, 1.82) is 0 Å². The molecule has 0 spiro atoms. The Morgan fingerprint density at radius 1 is 1.06 bits per heavy atom. The molecule has 0 bridgehead atoms. The number of allylic oxidation sites excluding steroid dienone is 4. The quantitative estimate of drug-likeness (QED) is 0.597. The Morgan fingerprint density at radius 2 is 1.80 bits per heavy atom. The van der Waals surface area contributed by atoms with E-state index in [1.165, 1.54) is 22.4 Å². The summed E-state index contributed by atoms with van der Waals surface area (Å²) < 4.78 is 0. The summed E-state index contributed by atoms with van der Waals surface area (Å²) in [6.07, 6.45) is 9.67. The molecule has 5 heteroatoms. The number of nitrogens with one attached hydrogen (secondary N) is 2. The fourth-order valence-corrected chi connectivity index (χ4v) is 4.69. The highest BCUT2D eigenvalue weighted by Crippen LogP contribution is 2.23. The van der Waals surface area contributed by atoms with Crippen LogP contribution in [-0.4, -0.2) is 55.5 Å². The third-order valence-corrected chi connectivity index (χ3v) is 6.59. The van der Waals surface area contributed by atoms with Crippen molar-refractivity contribution in [3.63, 3.8) is 0 Å². The number of nitrogens with zero attached hydrogens (tertiary/aromatic N) is 2. The second-order valence-electron chi connectivity index (χ2n) is 9.82. The molecule has 2 aliphatic rings. The van der Waals surface area contributed by atoms with Crippen molar-refractivity contribution in [3.05, 3.63) is 95.2 Å². The number of benzene rings is 2.